The van der Waals surface area contributed by atoms with Crippen molar-refractivity contribution < 1.29 is 9.53 Å². The molecule has 1 saturated carbocycles. The van der Waals surface area contributed by atoms with E-state index in [4.69, 9.17) is 4.74 Å². The maximum atomic E-state index is 11.3. The van der Waals surface area contributed by atoms with Gasteiger partial charge in [0, 0.05) is 0 Å². The first-order chi connectivity index (χ1) is 5.91. The largest absolute Gasteiger partial charge is 0.469 e. The lowest BCUT2D eigenvalue weighted by molar-refractivity contribution is -0.143. The molecule has 0 radical (unpaired) electrons. The Bertz CT molecular complexity index is 254. The number of hydrogen-bond acceptors (Lipinski definition) is 2. The first-order valence-corrected chi connectivity index (χ1v) is 5.60. The Labute approximate surface area is 95.0 Å². The third kappa shape index (κ3) is 2.15. The van der Waals surface area contributed by atoms with Gasteiger partial charge in [-0.15, -0.1) is 0 Å². The Morgan fingerprint density at radius 2 is 2.00 bits per heavy atom. The van der Waals surface area contributed by atoms with E-state index in [9.17, 15) is 4.79 Å². The van der Waals surface area contributed by atoms with Gasteiger partial charge in [0.1, 0.15) is 0 Å². The van der Waals surface area contributed by atoms with Gasteiger partial charge < -0.3 is 4.74 Å². The standard InChI is InChI=1S/C9H12Br2O2/c1-9(2)5(4-6(10)11)7(9)8(12)13-3/h4-5,7H,1-3H3/t5-,7+/m0/s1. The smallest absolute Gasteiger partial charge is 0.309 e. The first kappa shape index (κ1) is 11.2. The van der Waals surface area contributed by atoms with Crippen molar-refractivity contribution in [3.8, 4) is 0 Å². The highest BCUT2D eigenvalue weighted by molar-refractivity contribution is 9.28. The Morgan fingerprint density at radius 3 is 2.38 bits per heavy atom. The second-order valence-corrected chi connectivity index (χ2v) is 6.58. The summed E-state index contributed by atoms with van der Waals surface area (Å²) in [5.74, 6) is 0.156. The molecule has 0 aromatic heterocycles. The molecule has 13 heavy (non-hydrogen) atoms. The number of allylic oxidation sites excluding steroid dienone is 1. The molecule has 0 amide bonds. The Kier molecular flexibility index (Phi) is 3.23. The Balaban J connectivity index is 2.72. The van der Waals surface area contributed by atoms with Gasteiger partial charge in [-0.2, -0.15) is 0 Å². The van der Waals surface area contributed by atoms with Crippen LogP contribution in [0.4, 0.5) is 0 Å². The number of halogens is 2. The lowest BCUT2D eigenvalue weighted by atomic mass is 10.1. The Hall–Kier alpha value is 0.170. The van der Waals surface area contributed by atoms with Crippen LogP contribution in [-0.2, 0) is 9.53 Å². The zero-order valence-corrected chi connectivity index (χ0v) is 11.0. The summed E-state index contributed by atoms with van der Waals surface area (Å²) < 4.78 is 5.62. The number of carbonyl (C=O) groups excluding carboxylic acids is 1. The average molecular weight is 312 g/mol. The minimum atomic E-state index is -0.118. The van der Waals surface area contributed by atoms with Gasteiger partial charge in [0.25, 0.3) is 0 Å². The van der Waals surface area contributed by atoms with E-state index in [1.165, 1.54) is 7.11 Å². The lowest BCUT2D eigenvalue weighted by Gasteiger charge is -1.98. The van der Waals surface area contributed by atoms with Crippen molar-refractivity contribution in [1.29, 1.82) is 0 Å². The summed E-state index contributed by atoms with van der Waals surface area (Å²) in [6, 6.07) is 0. The predicted octanol–water partition coefficient (Wildman–Crippen LogP) is 3.06. The molecule has 1 rings (SSSR count). The van der Waals surface area contributed by atoms with E-state index in [-0.39, 0.29) is 23.2 Å². The summed E-state index contributed by atoms with van der Waals surface area (Å²) in [5, 5.41) is 0. The summed E-state index contributed by atoms with van der Waals surface area (Å²) in [5.41, 5.74) is 0.0277. The molecule has 0 saturated heterocycles. The number of ether oxygens (including phenoxy) is 1. The number of rotatable bonds is 2. The van der Waals surface area contributed by atoms with Crippen LogP contribution in [0.1, 0.15) is 13.8 Å². The van der Waals surface area contributed by atoms with Crippen LogP contribution in [-0.4, -0.2) is 13.1 Å². The first-order valence-electron chi connectivity index (χ1n) is 4.02. The van der Waals surface area contributed by atoms with Gasteiger partial charge in [-0.05, 0) is 43.2 Å². The molecule has 4 heteroatoms. The van der Waals surface area contributed by atoms with E-state index in [1.54, 1.807) is 0 Å². The number of hydrogen-bond donors (Lipinski definition) is 0. The van der Waals surface area contributed by atoms with E-state index in [0.717, 1.165) is 3.39 Å². The molecule has 0 aromatic carbocycles. The van der Waals surface area contributed by atoms with Crippen LogP contribution < -0.4 is 0 Å². The van der Waals surface area contributed by atoms with Crippen LogP contribution in [0, 0.1) is 17.3 Å². The van der Waals surface area contributed by atoms with E-state index < -0.39 is 0 Å². The van der Waals surface area contributed by atoms with Crippen LogP contribution in [0.5, 0.6) is 0 Å². The van der Waals surface area contributed by atoms with Crippen molar-refractivity contribution in [3.63, 3.8) is 0 Å². The van der Waals surface area contributed by atoms with Crippen LogP contribution >= 0.6 is 31.9 Å². The van der Waals surface area contributed by atoms with Crippen LogP contribution in [0.25, 0.3) is 0 Å². The molecular weight excluding hydrogens is 300 g/mol. The number of methoxy groups -OCH3 is 1. The van der Waals surface area contributed by atoms with Gasteiger partial charge in [0.05, 0.1) is 16.4 Å². The zero-order chi connectivity index (χ0) is 10.2. The molecule has 0 heterocycles. The molecule has 2 nitrogen and oxygen atoms in total. The molecule has 2 atom stereocenters. The average Bonchev–Trinajstić information content (AvgIpc) is 2.51. The third-order valence-electron chi connectivity index (χ3n) is 2.67. The minimum Gasteiger partial charge on any atom is -0.469 e. The van der Waals surface area contributed by atoms with Crippen molar-refractivity contribution in [2.45, 2.75) is 13.8 Å². The van der Waals surface area contributed by atoms with Crippen molar-refractivity contribution >= 4 is 37.8 Å². The van der Waals surface area contributed by atoms with Crippen LogP contribution in [0.2, 0.25) is 0 Å². The maximum absolute atomic E-state index is 11.3. The molecule has 0 N–H and O–H groups in total. The highest BCUT2D eigenvalue weighted by atomic mass is 79.9. The van der Waals surface area contributed by atoms with Crippen molar-refractivity contribution in [2.75, 3.05) is 7.11 Å². The van der Waals surface area contributed by atoms with Crippen LogP contribution in [0.3, 0.4) is 0 Å². The highest BCUT2D eigenvalue weighted by Crippen LogP contribution is 2.60. The van der Waals surface area contributed by atoms with Crippen molar-refractivity contribution in [2.24, 2.45) is 17.3 Å². The van der Waals surface area contributed by atoms with Crippen molar-refractivity contribution in [3.05, 3.63) is 9.47 Å². The van der Waals surface area contributed by atoms with Gasteiger partial charge in [0.2, 0.25) is 0 Å². The maximum Gasteiger partial charge on any atom is 0.309 e. The molecule has 1 aliphatic rings. The molecule has 74 valence electrons. The predicted molar refractivity (Wildman–Crippen MR) is 58.7 cm³/mol. The van der Waals surface area contributed by atoms with Crippen LogP contribution in [0.15, 0.2) is 9.47 Å². The summed E-state index contributed by atoms with van der Waals surface area (Å²) in [6.07, 6.45) is 2.00. The quantitative estimate of drug-likeness (QED) is 0.733. The fraction of sp³-hybridized carbons (Fsp3) is 0.667. The summed E-state index contributed by atoms with van der Waals surface area (Å²) in [4.78, 5) is 11.3. The topological polar surface area (TPSA) is 26.3 Å². The van der Waals surface area contributed by atoms with Gasteiger partial charge in [-0.3, -0.25) is 4.79 Å². The summed E-state index contributed by atoms with van der Waals surface area (Å²) in [7, 11) is 1.43. The van der Waals surface area contributed by atoms with Gasteiger partial charge >= 0.3 is 5.97 Å². The summed E-state index contributed by atoms with van der Waals surface area (Å²) in [6.45, 7) is 4.14. The normalized spacial score (nSPS) is 29.3. The van der Waals surface area contributed by atoms with E-state index in [0.29, 0.717) is 0 Å². The zero-order valence-electron chi connectivity index (χ0n) is 7.80. The van der Waals surface area contributed by atoms with Gasteiger partial charge in [-0.25, -0.2) is 0 Å². The van der Waals surface area contributed by atoms with Gasteiger partial charge in [-0.1, -0.05) is 19.9 Å². The van der Waals surface area contributed by atoms with E-state index >= 15 is 0 Å². The monoisotopic (exact) mass is 310 g/mol. The molecule has 0 bridgehead atoms. The molecule has 1 fully saturated rings. The third-order valence-corrected chi connectivity index (χ3v) is 3.20. The number of carbonyl (C=O) groups is 1. The molecule has 0 spiro atoms. The molecule has 0 aliphatic heterocycles. The lowest BCUT2D eigenvalue weighted by Crippen LogP contribution is -2.07. The molecular formula is C9H12Br2O2. The minimum absolute atomic E-state index is 0.00241. The second-order valence-electron chi connectivity index (χ2n) is 3.80. The molecule has 1 aliphatic carbocycles. The fourth-order valence-electron chi connectivity index (χ4n) is 1.70. The molecule has 0 aromatic rings. The van der Waals surface area contributed by atoms with E-state index in [1.807, 2.05) is 6.08 Å². The Morgan fingerprint density at radius 1 is 1.46 bits per heavy atom. The van der Waals surface area contributed by atoms with E-state index in [2.05, 4.69) is 45.7 Å². The highest BCUT2D eigenvalue weighted by Gasteiger charge is 2.61. The molecule has 0 unspecified atom stereocenters. The fourth-order valence-corrected chi connectivity index (χ4v) is 2.27. The SMILES string of the molecule is COC(=O)[C@H]1[C@H](C=C(Br)Br)C1(C)C. The second kappa shape index (κ2) is 3.73. The number of esters is 1. The summed E-state index contributed by atoms with van der Waals surface area (Å²) >= 11 is 6.58. The van der Waals surface area contributed by atoms with Crippen molar-refractivity contribution in [1.82, 2.24) is 0 Å². The van der Waals surface area contributed by atoms with Gasteiger partial charge in [0.15, 0.2) is 0 Å².